The van der Waals surface area contributed by atoms with Crippen LogP contribution in [0.5, 0.6) is 5.75 Å². The summed E-state index contributed by atoms with van der Waals surface area (Å²) in [5.41, 5.74) is 1.16. The van der Waals surface area contributed by atoms with Crippen LogP contribution in [0.4, 0.5) is 0 Å². The summed E-state index contributed by atoms with van der Waals surface area (Å²) in [6.45, 7) is 6.63. The van der Waals surface area contributed by atoms with Crippen LogP contribution in [0.25, 0.3) is 0 Å². The van der Waals surface area contributed by atoms with Gasteiger partial charge in [-0.1, -0.05) is 12.1 Å². The molecule has 7 nitrogen and oxygen atoms in total. The highest BCUT2D eigenvalue weighted by Crippen LogP contribution is 2.28. The standard InChI is InChI=1S/C20H26N6O/c1-2-26-19(15-25-10-4-9-21-25)22-23-20(26)17-7-11-24(12-8-17)14-16-5-3-6-18(27)13-16/h3-6,9-10,13,17,27H,2,7-8,11-12,14-15H2,1H3. The number of rotatable bonds is 6. The Kier molecular flexibility index (Phi) is 5.20. The largest absolute Gasteiger partial charge is 0.508 e. The average Bonchev–Trinajstić information content (AvgIpc) is 3.32. The van der Waals surface area contributed by atoms with Crippen LogP contribution in [0.2, 0.25) is 0 Å². The van der Waals surface area contributed by atoms with Crippen molar-refractivity contribution in [2.75, 3.05) is 13.1 Å². The summed E-state index contributed by atoms with van der Waals surface area (Å²) in [6.07, 6.45) is 5.90. The fourth-order valence-electron chi connectivity index (χ4n) is 3.91. The lowest BCUT2D eigenvalue weighted by Gasteiger charge is -2.31. The van der Waals surface area contributed by atoms with E-state index < -0.39 is 0 Å². The molecule has 1 fully saturated rings. The Balaban J connectivity index is 1.40. The van der Waals surface area contributed by atoms with Gasteiger partial charge in [0.25, 0.3) is 0 Å². The molecule has 3 aromatic rings. The van der Waals surface area contributed by atoms with Gasteiger partial charge in [0.1, 0.15) is 18.1 Å². The zero-order valence-electron chi connectivity index (χ0n) is 15.7. The maximum absolute atomic E-state index is 9.64. The van der Waals surface area contributed by atoms with Crippen molar-refractivity contribution in [3.63, 3.8) is 0 Å². The second-order valence-corrected chi connectivity index (χ2v) is 7.14. The first-order chi connectivity index (χ1) is 13.2. The van der Waals surface area contributed by atoms with Crippen molar-refractivity contribution in [2.45, 2.75) is 45.3 Å². The Morgan fingerprint density at radius 3 is 2.67 bits per heavy atom. The molecule has 0 radical (unpaired) electrons. The molecule has 0 spiro atoms. The second-order valence-electron chi connectivity index (χ2n) is 7.14. The molecular weight excluding hydrogens is 340 g/mol. The van der Waals surface area contributed by atoms with Gasteiger partial charge >= 0.3 is 0 Å². The monoisotopic (exact) mass is 366 g/mol. The minimum Gasteiger partial charge on any atom is -0.508 e. The van der Waals surface area contributed by atoms with E-state index in [1.54, 1.807) is 12.3 Å². The maximum atomic E-state index is 9.64. The van der Waals surface area contributed by atoms with E-state index in [4.69, 9.17) is 0 Å². The molecule has 2 aromatic heterocycles. The summed E-state index contributed by atoms with van der Waals surface area (Å²) < 4.78 is 4.13. The predicted molar refractivity (Wildman–Crippen MR) is 102 cm³/mol. The highest BCUT2D eigenvalue weighted by atomic mass is 16.3. The van der Waals surface area contributed by atoms with Gasteiger partial charge in [-0.15, -0.1) is 10.2 Å². The van der Waals surface area contributed by atoms with E-state index in [1.807, 2.05) is 29.1 Å². The van der Waals surface area contributed by atoms with Gasteiger partial charge in [0, 0.05) is 31.4 Å². The molecule has 0 saturated carbocycles. The first-order valence-corrected chi connectivity index (χ1v) is 9.62. The Morgan fingerprint density at radius 1 is 1.11 bits per heavy atom. The number of likely N-dealkylation sites (tertiary alicyclic amines) is 1. The van der Waals surface area contributed by atoms with Crippen LogP contribution in [-0.4, -0.2) is 47.6 Å². The Labute approximate surface area is 159 Å². The summed E-state index contributed by atoms with van der Waals surface area (Å²) in [5.74, 6) is 2.86. The van der Waals surface area contributed by atoms with Crippen LogP contribution in [0.15, 0.2) is 42.7 Å². The highest BCUT2D eigenvalue weighted by molar-refractivity contribution is 5.27. The third-order valence-electron chi connectivity index (χ3n) is 5.30. The predicted octanol–water partition coefficient (Wildman–Crippen LogP) is 2.63. The van der Waals surface area contributed by atoms with Crippen molar-refractivity contribution < 1.29 is 5.11 Å². The molecule has 142 valence electrons. The van der Waals surface area contributed by atoms with Crippen molar-refractivity contribution in [3.8, 4) is 5.75 Å². The van der Waals surface area contributed by atoms with Crippen LogP contribution in [0.3, 0.4) is 0 Å². The Morgan fingerprint density at radius 2 is 1.96 bits per heavy atom. The van der Waals surface area contributed by atoms with Gasteiger partial charge in [0.2, 0.25) is 0 Å². The molecule has 7 heteroatoms. The SMILES string of the molecule is CCn1c(Cn2cccn2)nnc1C1CCN(Cc2cccc(O)c2)CC1. The lowest BCUT2D eigenvalue weighted by Crippen LogP contribution is -2.33. The van der Waals surface area contributed by atoms with Gasteiger partial charge in [0.05, 0.1) is 0 Å². The number of phenolic OH excluding ortho intramolecular Hbond substituents is 1. The summed E-state index contributed by atoms with van der Waals surface area (Å²) in [7, 11) is 0. The van der Waals surface area contributed by atoms with E-state index in [9.17, 15) is 5.11 Å². The lowest BCUT2D eigenvalue weighted by molar-refractivity contribution is 0.200. The van der Waals surface area contributed by atoms with Crippen molar-refractivity contribution in [1.82, 2.24) is 29.4 Å². The fourth-order valence-corrected chi connectivity index (χ4v) is 3.91. The van der Waals surface area contributed by atoms with E-state index in [2.05, 4.69) is 37.8 Å². The van der Waals surface area contributed by atoms with Gasteiger partial charge in [0.15, 0.2) is 5.82 Å². The normalized spacial score (nSPS) is 16.0. The van der Waals surface area contributed by atoms with E-state index in [0.717, 1.165) is 56.2 Å². The molecule has 0 atom stereocenters. The number of hydrogen-bond donors (Lipinski definition) is 1. The number of benzene rings is 1. The topological polar surface area (TPSA) is 72.0 Å². The summed E-state index contributed by atoms with van der Waals surface area (Å²) >= 11 is 0. The minimum absolute atomic E-state index is 0.336. The zero-order chi connectivity index (χ0) is 18.6. The summed E-state index contributed by atoms with van der Waals surface area (Å²) in [4.78, 5) is 2.45. The van der Waals surface area contributed by atoms with E-state index in [0.29, 0.717) is 18.2 Å². The van der Waals surface area contributed by atoms with Crippen molar-refractivity contribution in [3.05, 3.63) is 59.9 Å². The Hall–Kier alpha value is -2.67. The first kappa shape index (κ1) is 17.7. The molecule has 0 aliphatic carbocycles. The van der Waals surface area contributed by atoms with E-state index >= 15 is 0 Å². The molecule has 4 rings (SSSR count). The average molecular weight is 366 g/mol. The number of phenols is 1. The third kappa shape index (κ3) is 4.03. The molecule has 0 unspecified atom stereocenters. The van der Waals surface area contributed by atoms with E-state index in [-0.39, 0.29) is 0 Å². The quantitative estimate of drug-likeness (QED) is 0.726. The molecule has 1 aromatic carbocycles. The lowest BCUT2D eigenvalue weighted by atomic mass is 9.95. The number of nitrogens with zero attached hydrogens (tertiary/aromatic N) is 6. The van der Waals surface area contributed by atoms with Gasteiger partial charge in [-0.2, -0.15) is 5.10 Å². The molecule has 27 heavy (non-hydrogen) atoms. The summed E-state index contributed by atoms with van der Waals surface area (Å²) in [5, 5.41) is 22.9. The van der Waals surface area contributed by atoms with Crippen LogP contribution in [-0.2, 0) is 19.6 Å². The third-order valence-corrected chi connectivity index (χ3v) is 5.30. The molecule has 1 N–H and O–H groups in total. The van der Waals surface area contributed by atoms with Crippen LogP contribution in [0, 0.1) is 0 Å². The zero-order valence-corrected chi connectivity index (χ0v) is 15.7. The molecule has 0 amide bonds. The first-order valence-electron chi connectivity index (χ1n) is 9.62. The molecular formula is C20H26N6O. The van der Waals surface area contributed by atoms with E-state index in [1.165, 1.54) is 0 Å². The van der Waals surface area contributed by atoms with Crippen molar-refractivity contribution in [1.29, 1.82) is 0 Å². The fraction of sp³-hybridized carbons (Fsp3) is 0.450. The van der Waals surface area contributed by atoms with Crippen LogP contribution < -0.4 is 0 Å². The second kappa shape index (κ2) is 7.92. The summed E-state index contributed by atoms with van der Waals surface area (Å²) in [6, 6.07) is 9.47. The molecule has 3 heterocycles. The molecule has 1 aliphatic heterocycles. The molecule has 0 bridgehead atoms. The van der Waals surface area contributed by atoms with Gasteiger partial charge < -0.3 is 9.67 Å². The Bertz CT molecular complexity index is 864. The number of aromatic hydroxyl groups is 1. The highest BCUT2D eigenvalue weighted by Gasteiger charge is 2.26. The molecule has 1 saturated heterocycles. The van der Waals surface area contributed by atoms with Crippen LogP contribution >= 0.6 is 0 Å². The number of hydrogen-bond acceptors (Lipinski definition) is 5. The number of piperidine rings is 1. The van der Waals surface area contributed by atoms with Crippen molar-refractivity contribution >= 4 is 0 Å². The number of aromatic nitrogens is 5. The van der Waals surface area contributed by atoms with Gasteiger partial charge in [-0.3, -0.25) is 9.58 Å². The van der Waals surface area contributed by atoms with Crippen molar-refractivity contribution in [2.24, 2.45) is 0 Å². The van der Waals surface area contributed by atoms with Gasteiger partial charge in [-0.05, 0) is 56.6 Å². The van der Waals surface area contributed by atoms with Gasteiger partial charge in [-0.25, -0.2) is 0 Å². The maximum Gasteiger partial charge on any atom is 0.154 e. The molecule has 1 aliphatic rings. The minimum atomic E-state index is 0.336. The van der Waals surface area contributed by atoms with Crippen LogP contribution in [0.1, 0.15) is 42.9 Å². The smallest absolute Gasteiger partial charge is 0.154 e.